The minimum Gasteiger partial charge on any atom is -0.497 e. The smallest absolute Gasteiger partial charge is 0.118 e. The van der Waals surface area contributed by atoms with Gasteiger partial charge in [-0.2, -0.15) is 0 Å². The third-order valence-electron chi connectivity index (χ3n) is 2.75. The van der Waals surface area contributed by atoms with Crippen molar-refractivity contribution in [2.45, 2.75) is 19.9 Å². The molecule has 0 atom stereocenters. The molecule has 0 heterocycles. The normalized spacial score (nSPS) is 10.8. The minimum absolute atomic E-state index is 0.920. The van der Waals surface area contributed by atoms with Gasteiger partial charge in [-0.25, -0.2) is 0 Å². The Morgan fingerprint density at radius 2 is 1.94 bits per heavy atom. The Bertz CT molecular complexity index is 298. The highest BCUT2D eigenvalue weighted by atomic mass is 16.5. The van der Waals surface area contributed by atoms with Gasteiger partial charge in [-0.1, -0.05) is 19.1 Å². The van der Waals surface area contributed by atoms with E-state index in [4.69, 9.17) is 4.74 Å². The summed E-state index contributed by atoms with van der Waals surface area (Å²) >= 11 is 0. The van der Waals surface area contributed by atoms with Gasteiger partial charge in [-0.15, -0.1) is 0 Å². The summed E-state index contributed by atoms with van der Waals surface area (Å²) in [4.78, 5) is 2.35. The predicted octanol–water partition coefficient (Wildman–Crippen LogP) is 2.13. The van der Waals surface area contributed by atoms with Crippen molar-refractivity contribution in [2.24, 2.45) is 0 Å². The van der Waals surface area contributed by atoms with E-state index < -0.39 is 0 Å². The van der Waals surface area contributed by atoms with Gasteiger partial charge in [0.15, 0.2) is 0 Å². The van der Waals surface area contributed by atoms with Gasteiger partial charge in [0, 0.05) is 6.54 Å². The molecule has 0 aromatic heterocycles. The van der Waals surface area contributed by atoms with Crippen LogP contribution in [0.25, 0.3) is 0 Å². The van der Waals surface area contributed by atoms with Crippen LogP contribution in [0.5, 0.6) is 5.75 Å². The molecular weight excluding hydrogens is 212 g/mol. The number of rotatable bonds is 8. The fraction of sp³-hybridized carbons (Fsp3) is 0.571. The average molecular weight is 236 g/mol. The standard InChI is InChI=1S/C14H24N2O/c1-4-15-10-5-11-16(2)12-13-6-8-14(17-3)9-7-13/h6-9,15H,4-5,10-12H2,1-3H3. The molecule has 1 N–H and O–H groups in total. The van der Waals surface area contributed by atoms with Crippen molar-refractivity contribution in [3.05, 3.63) is 29.8 Å². The monoisotopic (exact) mass is 236 g/mol. The maximum absolute atomic E-state index is 5.14. The minimum atomic E-state index is 0.920. The second-order valence-corrected chi connectivity index (χ2v) is 4.29. The zero-order valence-electron chi connectivity index (χ0n) is 11.2. The van der Waals surface area contributed by atoms with Crippen LogP contribution in [0.4, 0.5) is 0 Å². The van der Waals surface area contributed by atoms with Crippen LogP contribution in [-0.4, -0.2) is 38.7 Å². The molecule has 0 saturated heterocycles. The molecule has 1 aromatic carbocycles. The van der Waals surface area contributed by atoms with Gasteiger partial charge >= 0.3 is 0 Å². The number of hydrogen-bond acceptors (Lipinski definition) is 3. The molecule has 0 fully saturated rings. The molecule has 0 saturated carbocycles. The van der Waals surface area contributed by atoms with E-state index in [1.165, 1.54) is 12.0 Å². The summed E-state index contributed by atoms with van der Waals surface area (Å²) < 4.78 is 5.14. The topological polar surface area (TPSA) is 24.5 Å². The van der Waals surface area contributed by atoms with E-state index in [0.29, 0.717) is 0 Å². The molecular formula is C14H24N2O. The molecule has 3 heteroatoms. The van der Waals surface area contributed by atoms with Crippen LogP contribution in [-0.2, 0) is 6.54 Å². The average Bonchev–Trinajstić information content (AvgIpc) is 2.36. The van der Waals surface area contributed by atoms with Crippen LogP contribution in [0.15, 0.2) is 24.3 Å². The van der Waals surface area contributed by atoms with Crippen LogP contribution >= 0.6 is 0 Å². The SMILES string of the molecule is CCNCCCN(C)Cc1ccc(OC)cc1. The highest BCUT2D eigenvalue weighted by molar-refractivity contribution is 5.26. The van der Waals surface area contributed by atoms with Crippen LogP contribution in [0.1, 0.15) is 18.9 Å². The Morgan fingerprint density at radius 3 is 2.53 bits per heavy atom. The molecule has 0 aliphatic heterocycles. The lowest BCUT2D eigenvalue weighted by molar-refractivity contribution is 0.320. The van der Waals surface area contributed by atoms with Crippen molar-refractivity contribution in [3.8, 4) is 5.75 Å². The third-order valence-corrected chi connectivity index (χ3v) is 2.75. The molecule has 1 aromatic rings. The fourth-order valence-corrected chi connectivity index (χ4v) is 1.77. The summed E-state index contributed by atoms with van der Waals surface area (Å²) in [5, 5.41) is 3.34. The lowest BCUT2D eigenvalue weighted by atomic mass is 10.2. The maximum atomic E-state index is 5.14. The van der Waals surface area contributed by atoms with Gasteiger partial charge in [0.1, 0.15) is 5.75 Å². The molecule has 0 radical (unpaired) electrons. The van der Waals surface area contributed by atoms with Crippen molar-refractivity contribution >= 4 is 0 Å². The van der Waals surface area contributed by atoms with E-state index in [1.54, 1.807) is 7.11 Å². The maximum Gasteiger partial charge on any atom is 0.118 e. The van der Waals surface area contributed by atoms with Crippen molar-refractivity contribution < 1.29 is 4.74 Å². The highest BCUT2D eigenvalue weighted by Gasteiger charge is 2.00. The van der Waals surface area contributed by atoms with Crippen molar-refractivity contribution in [1.82, 2.24) is 10.2 Å². The second kappa shape index (κ2) is 8.09. The lowest BCUT2D eigenvalue weighted by Gasteiger charge is -2.16. The molecule has 1 rings (SSSR count). The summed E-state index contributed by atoms with van der Waals surface area (Å²) in [5.74, 6) is 0.920. The van der Waals surface area contributed by atoms with E-state index in [1.807, 2.05) is 12.1 Å². The van der Waals surface area contributed by atoms with Crippen molar-refractivity contribution in [2.75, 3.05) is 33.8 Å². The molecule has 0 aliphatic rings. The molecule has 3 nitrogen and oxygen atoms in total. The van der Waals surface area contributed by atoms with E-state index in [-0.39, 0.29) is 0 Å². The summed E-state index contributed by atoms with van der Waals surface area (Å²) in [5.41, 5.74) is 1.33. The first kappa shape index (κ1) is 14.0. The van der Waals surface area contributed by atoms with Crippen molar-refractivity contribution in [1.29, 1.82) is 0 Å². The Hall–Kier alpha value is -1.06. The molecule has 0 aliphatic carbocycles. The molecule has 0 spiro atoms. The Morgan fingerprint density at radius 1 is 1.24 bits per heavy atom. The summed E-state index contributed by atoms with van der Waals surface area (Å²) in [6, 6.07) is 8.28. The molecule has 17 heavy (non-hydrogen) atoms. The van der Waals surface area contributed by atoms with E-state index >= 15 is 0 Å². The first-order valence-electron chi connectivity index (χ1n) is 6.28. The number of hydrogen-bond donors (Lipinski definition) is 1. The van der Waals surface area contributed by atoms with Crippen LogP contribution in [0.3, 0.4) is 0 Å². The highest BCUT2D eigenvalue weighted by Crippen LogP contribution is 2.12. The van der Waals surface area contributed by atoms with Gasteiger partial charge in [0.05, 0.1) is 7.11 Å². The number of benzene rings is 1. The predicted molar refractivity (Wildman–Crippen MR) is 72.5 cm³/mol. The van der Waals surface area contributed by atoms with E-state index in [9.17, 15) is 0 Å². The molecule has 0 amide bonds. The third kappa shape index (κ3) is 5.71. The van der Waals surface area contributed by atoms with Gasteiger partial charge < -0.3 is 15.0 Å². The molecule has 0 unspecified atom stereocenters. The van der Waals surface area contributed by atoms with Gasteiger partial charge in [-0.05, 0) is 50.8 Å². The van der Waals surface area contributed by atoms with E-state index in [2.05, 4.69) is 36.3 Å². The van der Waals surface area contributed by atoms with E-state index in [0.717, 1.165) is 31.9 Å². The van der Waals surface area contributed by atoms with Crippen LogP contribution in [0.2, 0.25) is 0 Å². The zero-order chi connectivity index (χ0) is 12.5. The largest absolute Gasteiger partial charge is 0.497 e. The van der Waals surface area contributed by atoms with Gasteiger partial charge in [0.2, 0.25) is 0 Å². The van der Waals surface area contributed by atoms with Crippen LogP contribution < -0.4 is 10.1 Å². The lowest BCUT2D eigenvalue weighted by Crippen LogP contribution is -2.23. The Labute approximate surface area is 105 Å². The van der Waals surface area contributed by atoms with Gasteiger partial charge in [0.25, 0.3) is 0 Å². The molecule has 0 bridgehead atoms. The first-order valence-corrected chi connectivity index (χ1v) is 6.28. The molecule has 96 valence electrons. The van der Waals surface area contributed by atoms with Crippen molar-refractivity contribution in [3.63, 3.8) is 0 Å². The Kier molecular flexibility index (Phi) is 6.67. The number of methoxy groups -OCH3 is 1. The first-order chi connectivity index (χ1) is 8.26. The number of nitrogens with zero attached hydrogens (tertiary/aromatic N) is 1. The second-order valence-electron chi connectivity index (χ2n) is 4.29. The van der Waals surface area contributed by atoms with Crippen LogP contribution in [0, 0.1) is 0 Å². The van der Waals surface area contributed by atoms with Gasteiger partial charge in [-0.3, -0.25) is 0 Å². The Balaban J connectivity index is 2.26. The quantitative estimate of drug-likeness (QED) is 0.700. The number of nitrogens with one attached hydrogen (secondary N) is 1. The summed E-state index contributed by atoms with van der Waals surface area (Å²) in [6.07, 6.45) is 1.19. The summed E-state index contributed by atoms with van der Waals surface area (Å²) in [7, 11) is 3.86. The summed E-state index contributed by atoms with van der Waals surface area (Å²) in [6.45, 7) is 6.42. The zero-order valence-corrected chi connectivity index (χ0v) is 11.2. The number of ether oxygens (including phenoxy) is 1. The fourth-order valence-electron chi connectivity index (χ4n) is 1.77.